The number of ether oxygens (including phenoxy) is 1. The fraction of sp³-hybridized carbons (Fsp3) is 0.394. The van der Waals surface area contributed by atoms with Crippen LogP contribution in [0.4, 0.5) is 20.2 Å². The number of hydrogen-bond donors (Lipinski definition) is 1. The molecule has 3 aromatic rings. The molecule has 2 aliphatic rings. The van der Waals surface area contributed by atoms with E-state index >= 15 is 0 Å². The third-order valence-corrected chi connectivity index (χ3v) is 9.80. The Kier molecular flexibility index (Phi) is 9.95. The Labute approximate surface area is 257 Å². The van der Waals surface area contributed by atoms with E-state index in [1.165, 1.54) is 31.7 Å². The highest BCUT2D eigenvalue weighted by Crippen LogP contribution is 2.41. The summed E-state index contributed by atoms with van der Waals surface area (Å²) < 4.78 is 63.3. The molecular formula is C33H38F2N4O4S. The van der Waals surface area contributed by atoms with E-state index in [1.807, 2.05) is 11.0 Å². The van der Waals surface area contributed by atoms with Gasteiger partial charge in [-0.3, -0.25) is 19.4 Å². The topological polar surface area (TPSA) is 91.3 Å². The summed E-state index contributed by atoms with van der Waals surface area (Å²) in [7, 11) is -2.63. The molecule has 0 bridgehead atoms. The zero-order valence-electron chi connectivity index (χ0n) is 25.1. The number of hydrogen-bond acceptors (Lipinski definition) is 6. The molecule has 0 spiro atoms. The van der Waals surface area contributed by atoms with Crippen molar-refractivity contribution in [1.82, 2.24) is 9.80 Å². The summed E-state index contributed by atoms with van der Waals surface area (Å²) in [6.07, 6.45) is 7.04. The number of rotatable bonds is 9. The van der Waals surface area contributed by atoms with Crippen LogP contribution in [0, 0.1) is 11.6 Å². The normalized spacial score (nSPS) is 16.8. The number of para-hydroxylation sites is 1. The maximum Gasteiger partial charge on any atom is 0.264 e. The number of halogens is 2. The molecule has 1 N–H and O–H groups in total. The molecule has 1 amide bonds. The summed E-state index contributed by atoms with van der Waals surface area (Å²) in [5.41, 5.74) is 2.24. The van der Waals surface area contributed by atoms with Gasteiger partial charge in [0.25, 0.3) is 15.9 Å². The van der Waals surface area contributed by atoms with Gasteiger partial charge in [-0.2, -0.15) is 0 Å². The summed E-state index contributed by atoms with van der Waals surface area (Å²) in [5, 5.41) is 0. The molecule has 1 saturated carbocycles. The van der Waals surface area contributed by atoms with Crippen LogP contribution in [0.15, 0.2) is 64.5 Å². The number of carbonyl (C=O) groups is 1. The number of amides is 1. The Morgan fingerprint density at radius 1 is 1.02 bits per heavy atom. The zero-order valence-corrected chi connectivity index (χ0v) is 25.9. The van der Waals surface area contributed by atoms with Crippen molar-refractivity contribution < 1.29 is 26.7 Å². The molecule has 234 valence electrons. The van der Waals surface area contributed by atoms with Gasteiger partial charge in [0, 0.05) is 50.1 Å². The molecule has 3 aromatic carbocycles. The van der Waals surface area contributed by atoms with Crippen molar-refractivity contribution in [2.45, 2.75) is 56.4 Å². The van der Waals surface area contributed by atoms with Crippen molar-refractivity contribution in [3.05, 3.63) is 82.9 Å². The lowest BCUT2D eigenvalue weighted by Gasteiger charge is -2.35. The van der Waals surface area contributed by atoms with Crippen LogP contribution in [-0.4, -0.2) is 63.6 Å². The molecule has 1 aliphatic carbocycles. The molecule has 11 heteroatoms. The molecule has 0 aromatic heterocycles. The van der Waals surface area contributed by atoms with Gasteiger partial charge in [0.2, 0.25) is 0 Å². The van der Waals surface area contributed by atoms with Gasteiger partial charge in [0.15, 0.2) is 11.6 Å². The second kappa shape index (κ2) is 13.9. The number of methoxy groups -OCH3 is 1. The first kappa shape index (κ1) is 31.6. The molecule has 0 unspecified atom stereocenters. The SMILES string of the molecule is C/C=N\c1c(C2CCCCC2)cccc1S(=O)(=O)Nc1ccc(C(=O)N2CCN(Cc3cccc(F)c3F)CC2)cc1OC. The monoisotopic (exact) mass is 624 g/mol. The van der Waals surface area contributed by atoms with Gasteiger partial charge >= 0.3 is 0 Å². The molecular weight excluding hydrogens is 586 g/mol. The van der Waals surface area contributed by atoms with Crippen molar-refractivity contribution in [3.8, 4) is 5.75 Å². The van der Waals surface area contributed by atoms with E-state index in [2.05, 4.69) is 9.71 Å². The Morgan fingerprint density at radius 3 is 2.45 bits per heavy atom. The predicted molar refractivity (Wildman–Crippen MR) is 167 cm³/mol. The largest absolute Gasteiger partial charge is 0.495 e. The number of nitrogens with zero attached hydrogens (tertiary/aromatic N) is 3. The van der Waals surface area contributed by atoms with Crippen LogP contribution in [0.1, 0.15) is 66.4 Å². The minimum atomic E-state index is -4.05. The number of nitrogens with one attached hydrogen (secondary N) is 1. The van der Waals surface area contributed by atoms with Gasteiger partial charge in [0.1, 0.15) is 10.6 Å². The average Bonchev–Trinajstić information content (AvgIpc) is 3.04. The smallest absolute Gasteiger partial charge is 0.264 e. The fourth-order valence-corrected chi connectivity index (χ4v) is 7.33. The van der Waals surface area contributed by atoms with Crippen molar-refractivity contribution in [2.24, 2.45) is 4.99 Å². The van der Waals surface area contributed by atoms with Gasteiger partial charge in [-0.05, 0) is 61.6 Å². The highest BCUT2D eigenvalue weighted by Gasteiger charge is 2.28. The van der Waals surface area contributed by atoms with E-state index in [1.54, 1.807) is 42.3 Å². The van der Waals surface area contributed by atoms with Crippen molar-refractivity contribution in [1.29, 1.82) is 0 Å². The van der Waals surface area contributed by atoms with Gasteiger partial charge < -0.3 is 9.64 Å². The Bertz CT molecular complexity index is 1630. The maximum absolute atomic E-state index is 14.1. The second-order valence-corrected chi connectivity index (χ2v) is 12.9. The lowest BCUT2D eigenvalue weighted by molar-refractivity contribution is 0.0626. The third-order valence-electron chi connectivity index (χ3n) is 8.40. The van der Waals surface area contributed by atoms with Crippen molar-refractivity contribution in [3.63, 3.8) is 0 Å². The number of benzene rings is 3. The highest BCUT2D eigenvalue weighted by molar-refractivity contribution is 7.92. The van der Waals surface area contributed by atoms with Crippen molar-refractivity contribution >= 4 is 33.5 Å². The molecule has 0 atom stereocenters. The number of carbonyl (C=O) groups excluding carboxylic acids is 1. The first-order valence-electron chi connectivity index (χ1n) is 15.0. The lowest BCUT2D eigenvalue weighted by atomic mass is 9.83. The second-order valence-electron chi connectivity index (χ2n) is 11.2. The molecule has 1 heterocycles. The van der Waals surface area contributed by atoms with Crippen LogP contribution in [0.25, 0.3) is 0 Å². The molecule has 1 aliphatic heterocycles. The van der Waals surface area contributed by atoms with Crippen LogP contribution in [0.3, 0.4) is 0 Å². The third kappa shape index (κ3) is 6.94. The highest BCUT2D eigenvalue weighted by atomic mass is 32.2. The summed E-state index contributed by atoms with van der Waals surface area (Å²) in [6.45, 7) is 3.83. The standard InChI is InChI=1S/C33H38F2N4O4S/c1-3-36-32-26(23-9-5-4-6-10-23)12-8-14-30(32)44(41,42)37-28-16-15-24(21-29(28)43-2)33(40)39-19-17-38(18-20-39)22-25-11-7-13-27(34)31(25)35/h3,7-8,11-16,21,23,37H,4-6,9-10,17-20,22H2,1-2H3/b36-3-. The van der Waals surface area contributed by atoms with E-state index in [4.69, 9.17) is 4.74 Å². The maximum atomic E-state index is 14.1. The molecule has 44 heavy (non-hydrogen) atoms. The first-order valence-corrected chi connectivity index (χ1v) is 16.5. The van der Waals surface area contributed by atoms with E-state index in [0.29, 0.717) is 37.4 Å². The quantitative estimate of drug-likeness (QED) is 0.275. The van der Waals surface area contributed by atoms with Crippen LogP contribution < -0.4 is 9.46 Å². The van der Waals surface area contributed by atoms with E-state index in [0.717, 1.165) is 37.3 Å². The average molecular weight is 625 g/mol. The Morgan fingerprint density at radius 2 is 1.75 bits per heavy atom. The lowest BCUT2D eigenvalue weighted by Crippen LogP contribution is -2.48. The minimum absolute atomic E-state index is 0.0943. The van der Waals surface area contributed by atoms with Crippen LogP contribution in [0.2, 0.25) is 0 Å². The molecule has 8 nitrogen and oxygen atoms in total. The zero-order chi connectivity index (χ0) is 31.3. The van der Waals surface area contributed by atoms with Crippen LogP contribution in [-0.2, 0) is 16.6 Å². The van der Waals surface area contributed by atoms with E-state index in [9.17, 15) is 22.0 Å². The number of piperazine rings is 1. The summed E-state index contributed by atoms with van der Waals surface area (Å²) in [4.78, 5) is 21.6. The van der Waals surface area contributed by atoms with Gasteiger partial charge in [-0.15, -0.1) is 0 Å². The number of aliphatic imine (C=N–C) groups is 1. The first-order chi connectivity index (χ1) is 21.2. The number of sulfonamides is 1. The van der Waals surface area contributed by atoms with E-state index in [-0.39, 0.29) is 40.3 Å². The van der Waals surface area contributed by atoms with Crippen LogP contribution in [0.5, 0.6) is 5.75 Å². The summed E-state index contributed by atoms with van der Waals surface area (Å²) in [5.74, 6) is -1.47. The fourth-order valence-electron chi connectivity index (χ4n) is 6.08. The van der Waals surface area contributed by atoms with Crippen LogP contribution >= 0.6 is 0 Å². The molecule has 1 saturated heterocycles. The van der Waals surface area contributed by atoms with E-state index < -0.39 is 21.7 Å². The van der Waals surface area contributed by atoms with Gasteiger partial charge in [-0.25, -0.2) is 17.2 Å². The number of anilines is 1. The van der Waals surface area contributed by atoms with Gasteiger partial charge in [0.05, 0.1) is 18.5 Å². The summed E-state index contributed by atoms with van der Waals surface area (Å²) in [6, 6.07) is 14.1. The molecule has 0 radical (unpaired) electrons. The Hall–Kier alpha value is -3.83. The Balaban J connectivity index is 1.30. The summed E-state index contributed by atoms with van der Waals surface area (Å²) >= 11 is 0. The minimum Gasteiger partial charge on any atom is -0.495 e. The molecule has 2 fully saturated rings. The predicted octanol–water partition coefficient (Wildman–Crippen LogP) is 6.50. The van der Waals surface area contributed by atoms with Gasteiger partial charge in [-0.1, -0.05) is 43.5 Å². The molecule has 5 rings (SSSR count). The van der Waals surface area contributed by atoms with Crippen molar-refractivity contribution in [2.75, 3.05) is 38.0 Å².